The minimum atomic E-state index is -0.808. The average molecular weight is 170 g/mol. The molecule has 0 aliphatic heterocycles. The number of hydrogen-bond donors (Lipinski definition) is 1. The molecule has 0 amide bonds. The van der Waals surface area contributed by atoms with Crippen LogP contribution < -0.4 is 5.73 Å². The summed E-state index contributed by atoms with van der Waals surface area (Å²) in [5.41, 5.74) is 4.78. The molecular weight excluding hydrogens is 160 g/mol. The van der Waals surface area contributed by atoms with Gasteiger partial charge in [0.15, 0.2) is 5.01 Å². The topological polar surface area (TPSA) is 56.0 Å². The van der Waals surface area contributed by atoms with Crippen LogP contribution in [0.5, 0.6) is 0 Å². The number of nitrogens with two attached hydrogens (primary N) is 1. The first-order valence-corrected chi connectivity index (χ1v) is 4.13. The minimum absolute atomic E-state index is 0.104. The van der Waals surface area contributed by atoms with Gasteiger partial charge in [0.25, 0.3) is 0 Å². The van der Waals surface area contributed by atoms with Crippen LogP contribution in [0.15, 0.2) is 11.6 Å². The van der Waals surface area contributed by atoms with Crippen LogP contribution in [0.4, 0.5) is 0 Å². The number of carbonyl (C=O) groups excluding carboxylic acids is 1. The van der Waals surface area contributed by atoms with Gasteiger partial charge in [-0.15, -0.1) is 11.3 Å². The molecule has 4 heteroatoms. The Bertz CT molecular complexity index is 248. The molecule has 0 radical (unpaired) electrons. The van der Waals surface area contributed by atoms with Crippen molar-refractivity contribution in [3.05, 3.63) is 16.6 Å². The lowest BCUT2D eigenvalue weighted by molar-refractivity contribution is 0.0913. The Balaban J connectivity index is 2.88. The summed E-state index contributed by atoms with van der Waals surface area (Å²) in [4.78, 5) is 15.2. The third-order valence-electron chi connectivity index (χ3n) is 1.21. The summed E-state index contributed by atoms with van der Waals surface area (Å²) in [7, 11) is 0. The minimum Gasteiger partial charge on any atom is -0.319 e. The highest BCUT2D eigenvalue weighted by Gasteiger charge is 2.25. The lowest BCUT2D eigenvalue weighted by atomic mass is 10.0. The van der Waals surface area contributed by atoms with Crippen molar-refractivity contribution in [2.24, 2.45) is 5.73 Å². The summed E-state index contributed by atoms with van der Waals surface area (Å²) >= 11 is 1.32. The number of carbonyl (C=O) groups is 1. The summed E-state index contributed by atoms with van der Waals surface area (Å²) in [5, 5.41) is 2.25. The van der Waals surface area contributed by atoms with E-state index in [4.69, 9.17) is 5.73 Å². The van der Waals surface area contributed by atoms with Gasteiger partial charge in [-0.3, -0.25) is 4.79 Å². The Kier molecular flexibility index (Phi) is 2.06. The molecule has 0 spiro atoms. The van der Waals surface area contributed by atoms with Crippen molar-refractivity contribution in [3.8, 4) is 0 Å². The van der Waals surface area contributed by atoms with Crippen molar-refractivity contribution in [2.75, 3.05) is 0 Å². The first-order chi connectivity index (χ1) is 5.02. The molecule has 0 aromatic carbocycles. The number of nitrogens with zero attached hydrogens (tertiary/aromatic N) is 1. The molecule has 0 fully saturated rings. The number of rotatable bonds is 2. The van der Waals surface area contributed by atoms with Crippen molar-refractivity contribution in [2.45, 2.75) is 19.4 Å². The van der Waals surface area contributed by atoms with E-state index in [1.165, 1.54) is 11.3 Å². The van der Waals surface area contributed by atoms with Crippen LogP contribution >= 0.6 is 11.3 Å². The van der Waals surface area contributed by atoms with Crippen LogP contribution in [0.25, 0.3) is 0 Å². The normalized spacial score (nSPS) is 11.5. The van der Waals surface area contributed by atoms with Crippen LogP contribution in [0.2, 0.25) is 0 Å². The van der Waals surface area contributed by atoms with E-state index in [-0.39, 0.29) is 5.78 Å². The Morgan fingerprint density at radius 3 is 2.73 bits per heavy atom. The second kappa shape index (κ2) is 2.71. The lowest BCUT2D eigenvalue weighted by Gasteiger charge is -2.13. The quantitative estimate of drug-likeness (QED) is 0.675. The standard InChI is InChI=1S/C7H10N2OS/c1-7(2,8)5(10)6-9-3-4-11-6/h3-4H,8H2,1-2H3. The molecule has 1 aromatic heterocycles. The molecule has 0 unspecified atom stereocenters. The smallest absolute Gasteiger partial charge is 0.210 e. The lowest BCUT2D eigenvalue weighted by Crippen LogP contribution is -2.41. The number of hydrogen-bond acceptors (Lipinski definition) is 4. The molecule has 1 rings (SSSR count). The molecule has 0 saturated carbocycles. The Morgan fingerprint density at radius 2 is 2.36 bits per heavy atom. The number of Topliss-reactive ketones (excluding diaryl/α,β-unsaturated/α-hetero) is 1. The number of ketones is 1. The summed E-state index contributed by atoms with van der Waals surface area (Å²) in [6.07, 6.45) is 1.60. The highest BCUT2D eigenvalue weighted by atomic mass is 32.1. The van der Waals surface area contributed by atoms with Crippen LogP contribution in [-0.4, -0.2) is 16.3 Å². The summed E-state index contributed by atoms with van der Waals surface area (Å²) in [6.45, 7) is 3.35. The molecule has 1 heterocycles. The fourth-order valence-corrected chi connectivity index (χ4v) is 1.35. The molecule has 0 atom stereocenters. The summed E-state index contributed by atoms with van der Waals surface area (Å²) in [6, 6.07) is 0. The monoisotopic (exact) mass is 170 g/mol. The Labute approximate surface area is 69.3 Å². The molecule has 11 heavy (non-hydrogen) atoms. The van der Waals surface area contributed by atoms with Crippen molar-refractivity contribution < 1.29 is 4.79 Å². The van der Waals surface area contributed by atoms with E-state index in [1.807, 2.05) is 0 Å². The van der Waals surface area contributed by atoms with E-state index >= 15 is 0 Å². The maximum atomic E-state index is 11.4. The van der Waals surface area contributed by atoms with Gasteiger partial charge in [0.05, 0.1) is 5.54 Å². The van der Waals surface area contributed by atoms with Gasteiger partial charge in [-0.05, 0) is 13.8 Å². The van der Waals surface area contributed by atoms with Gasteiger partial charge in [-0.1, -0.05) is 0 Å². The largest absolute Gasteiger partial charge is 0.319 e. The van der Waals surface area contributed by atoms with Gasteiger partial charge < -0.3 is 5.73 Å². The van der Waals surface area contributed by atoms with Gasteiger partial charge in [-0.25, -0.2) is 4.98 Å². The molecule has 0 saturated heterocycles. The molecule has 3 nitrogen and oxygen atoms in total. The number of thiazole rings is 1. The molecule has 0 aliphatic carbocycles. The first kappa shape index (κ1) is 8.36. The average Bonchev–Trinajstić information content (AvgIpc) is 2.34. The Morgan fingerprint density at radius 1 is 1.73 bits per heavy atom. The van der Waals surface area contributed by atoms with Crippen LogP contribution in [0.1, 0.15) is 23.6 Å². The van der Waals surface area contributed by atoms with Gasteiger partial charge in [0.1, 0.15) is 0 Å². The molecule has 2 N–H and O–H groups in total. The predicted octanol–water partition coefficient (Wildman–Crippen LogP) is 1.06. The second-order valence-corrected chi connectivity index (χ2v) is 3.78. The highest BCUT2D eigenvalue weighted by molar-refractivity contribution is 7.11. The van der Waals surface area contributed by atoms with E-state index in [1.54, 1.807) is 25.4 Å². The van der Waals surface area contributed by atoms with Crippen LogP contribution in [0.3, 0.4) is 0 Å². The summed E-state index contributed by atoms with van der Waals surface area (Å²) < 4.78 is 0. The van der Waals surface area contributed by atoms with Gasteiger partial charge in [0, 0.05) is 11.6 Å². The fourth-order valence-electron chi connectivity index (χ4n) is 0.611. The SMILES string of the molecule is CC(C)(N)C(=O)c1nccs1. The fraction of sp³-hybridized carbons (Fsp3) is 0.429. The van der Waals surface area contributed by atoms with E-state index < -0.39 is 5.54 Å². The van der Waals surface area contributed by atoms with Crippen LogP contribution in [0, 0.1) is 0 Å². The van der Waals surface area contributed by atoms with Crippen molar-refractivity contribution in [1.29, 1.82) is 0 Å². The summed E-state index contributed by atoms with van der Waals surface area (Å²) in [5.74, 6) is -0.104. The molecule has 0 bridgehead atoms. The Hall–Kier alpha value is -0.740. The van der Waals surface area contributed by atoms with E-state index in [0.29, 0.717) is 5.01 Å². The van der Waals surface area contributed by atoms with Crippen molar-refractivity contribution >= 4 is 17.1 Å². The van der Waals surface area contributed by atoms with Gasteiger partial charge in [0.2, 0.25) is 5.78 Å². The third kappa shape index (κ3) is 1.85. The van der Waals surface area contributed by atoms with Crippen molar-refractivity contribution in [3.63, 3.8) is 0 Å². The maximum Gasteiger partial charge on any atom is 0.210 e. The molecule has 0 aliphatic rings. The highest BCUT2D eigenvalue weighted by Crippen LogP contribution is 2.12. The first-order valence-electron chi connectivity index (χ1n) is 3.25. The van der Waals surface area contributed by atoms with Crippen LogP contribution in [-0.2, 0) is 0 Å². The zero-order valence-electron chi connectivity index (χ0n) is 6.50. The zero-order valence-corrected chi connectivity index (χ0v) is 7.31. The number of aromatic nitrogens is 1. The molecular formula is C7H10N2OS. The third-order valence-corrected chi connectivity index (χ3v) is 1.98. The zero-order chi connectivity index (χ0) is 8.48. The van der Waals surface area contributed by atoms with E-state index in [9.17, 15) is 4.79 Å². The molecule has 60 valence electrons. The molecule has 1 aromatic rings. The van der Waals surface area contributed by atoms with Gasteiger partial charge >= 0.3 is 0 Å². The van der Waals surface area contributed by atoms with E-state index in [2.05, 4.69) is 4.98 Å². The van der Waals surface area contributed by atoms with Gasteiger partial charge in [-0.2, -0.15) is 0 Å². The predicted molar refractivity (Wildman–Crippen MR) is 44.7 cm³/mol. The van der Waals surface area contributed by atoms with Crippen molar-refractivity contribution in [1.82, 2.24) is 4.98 Å². The maximum absolute atomic E-state index is 11.4. The second-order valence-electron chi connectivity index (χ2n) is 2.89. The van der Waals surface area contributed by atoms with E-state index in [0.717, 1.165) is 0 Å².